The maximum absolute atomic E-state index is 5.65. The summed E-state index contributed by atoms with van der Waals surface area (Å²) >= 11 is 3.45. The van der Waals surface area contributed by atoms with Crippen LogP contribution in [0.15, 0.2) is 24.3 Å². The van der Waals surface area contributed by atoms with Crippen LogP contribution in [0.2, 0.25) is 0 Å². The monoisotopic (exact) mass is 270 g/mol. The van der Waals surface area contributed by atoms with E-state index in [2.05, 4.69) is 28.1 Å². The van der Waals surface area contributed by atoms with Crippen molar-refractivity contribution < 1.29 is 9.47 Å². The van der Waals surface area contributed by atoms with Crippen LogP contribution in [0.5, 0.6) is 5.75 Å². The summed E-state index contributed by atoms with van der Waals surface area (Å²) in [4.78, 5) is 0. The summed E-state index contributed by atoms with van der Waals surface area (Å²) in [5.41, 5.74) is 1.32. The number of hydrogen-bond donors (Lipinski definition) is 0. The average Bonchev–Trinajstić information content (AvgIpc) is 2.78. The van der Waals surface area contributed by atoms with Gasteiger partial charge in [0.1, 0.15) is 5.75 Å². The molecule has 1 aliphatic rings. The number of benzene rings is 1. The Morgan fingerprint density at radius 3 is 3.07 bits per heavy atom. The van der Waals surface area contributed by atoms with Crippen molar-refractivity contribution in [3.05, 3.63) is 29.8 Å². The van der Waals surface area contributed by atoms with E-state index in [-0.39, 0.29) is 0 Å². The Bertz CT molecular complexity index is 327. The lowest BCUT2D eigenvalue weighted by molar-refractivity contribution is 0.127. The van der Waals surface area contributed by atoms with Crippen LogP contribution in [0.3, 0.4) is 0 Å². The molecule has 2 rings (SSSR count). The van der Waals surface area contributed by atoms with Crippen LogP contribution >= 0.6 is 15.9 Å². The summed E-state index contributed by atoms with van der Waals surface area (Å²) in [5.74, 6) is 1.44. The third-order valence-corrected chi connectivity index (χ3v) is 3.54. The van der Waals surface area contributed by atoms with Crippen molar-refractivity contribution in [2.45, 2.75) is 18.4 Å². The fourth-order valence-electron chi connectivity index (χ4n) is 1.94. The van der Waals surface area contributed by atoms with Gasteiger partial charge in [0.15, 0.2) is 0 Å². The summed E-state index contributed by atoms with van der Waals surface area (Å²) in [6.07, 6.45) is 1.46. The fraction of sp³-hybridized carbons (Fsp3) is 0.500. The van der Waals surface area contributed by atoms with Crippen molar-refractivity contribution in [1.29, 1.82) is 0 Å². The summed E-state index contributed by atoms with van der Waals surface area (Å²) < 4.78 is 10.9. The number of ether oxygens (including phenoxy) is 2. The highest BCUT2D eigenvalue weighted by Gasteiger charge is 2.25. The van der Waals surface area contributed by atoms with Crippen molar-refractivity contribution in [2.24, 2.45) is 0 Å². The van der Waals surface area contributed by atoms with Gasteiger partial charge in [-0.3, -0.25) is 0 Å². The topological polar surface area (TPSA) is 18.5 Å². The van der Waals surface area contributed by atoms with E-state index in [0.717, 1.165) is 24.1 Å². The first kappa shape index (κ1) is 11.0. The molecule has 82 valence electrons. The highest BCUT2D eigenvalue weighted by Crippen LogP contribution is 2.31. The highest BCUT2D eigenvalue weighted by molar-refractivity contribution is 9.09. The maximum Gasteiger partial charge on any atom is 0.119 e. The van der Waals surface area contributed by atoms with Crippen LogP contribution in [0.25, 0.3) is 0 Å². The molecular weight excluding hydrogens is 256 g/mol. The van der Waals surface area contributed by atoms with E-state index in [9.17, 15) is 0 Å². The Hall–Kier alpha value is -0.540. The summed E-state index contributed by atoms with van der Waals surface area (Å²) in [6, 6.07) is 8.26. The second kappa shape index (κ2) is 4.99. The van der Waals surface area contributed by atoms with Gasteiger partial charge in [-0.15, -0.1) is 0 Å². The van der Waals surface area contributed by atoms with Crippen molar-refractivity contribution in [1.82, 2.24) is 0 Å². The van der Waals surface area contributed by atoms with Crippen molar-refractivity contribution in [3.63, 3.8) is 0 Å². The first-order valence-corrected chi connectivity index (χ1v) is 6.27. The predicted molar refractivity (Wildman–Crippen MR) is 63.9 cm³/mol. The Balaban J connectivity index is 2.09. The molecule has 1 aromatic rings. The maximum atomic E-state index is 5.65. The van der Waals surface area contributed by atoms with Crippen LogP contribution in [0.4, 0.5) is 0 Å². The quantitative estimate of drug-likeness (QED) is 0.787. The van der Waals surface area contributed by atoms with Gasteiger partial charge in [-0.1, -0.05) is 28.1 Å². The third kappa shape index (κ3) is 2.52. The van der Waals surface area contributed by atoms with Gasteiger partial charge in [0, 0.05) is 11.2 Å². The Morgan fingerprint density at radius 1 is 1.53 bits per heavy atom. The normalized spacial score (nSPS) is 25.5. The molecule has 0 amide bonds. The summed E-state index contributed by atoms with van der Waals surface area (Å²) in [7, 11) is 1.70. The molecule has 0 spiro atoms. The van der Waals surface area contributed by atoms with Gasteiger partial charge < -0.3 is 9.47 Å². The smallest absolute Gasteiger partial charge is 0.119 e. The third-order valence-electron chi connectivity index (χ3n) is 2.82. The SMILES string of the molecule is COc1cccc(C2COC(CBr)C2)c1. The minimum Gasteiger partial charge on any atom is -0.497 e. The average molecular weight is 271 g/mol. The number of hydrogen-bond acceptors (Lipinski definition) is 2. The van der Waals surface area contributed by atoms with Gasteiger partial charge >= 0.3 is 0 Å². The minimum absolute atomic E-state index is 0.362. The summed E-state index contributed by atoms with van der Waals surface area (Å²) in [6.45, 7) is 0.823. The standard InChI is InChI=1S/C12H15BrO2/c1-14-11-4-2-3-9(5-11)10-6-12(7-13)15-8-10/h2-5,10,12H,6-8H2,1H3. The number of halogens is 1. The molecule has 2 nitrogen and oxygen atoms in total. The zero-order valence-electron chi connectivity index (χ0n) is 8.78. The Morgan fingerprint density at radius 2 is 2.40 bits per heavy atom. The molecule has 0 aliphatic carbocycles. The van der Waals surface area contributed by atoms with E-state index in [0.29, 0.717) is 12.0 Å². The zero-order chi connectivity index (χ0) is 10.7. The van der Waals surface area contributed by atoms with Gasteiger partial charge in [-0.05, 0) is 24.1 Å². The van der Waals surface area contributed by atoms with E-state index in [1.165, 1.54) is 5.56 Å². The van der Waals surface area contributed by atoms with E-state index >= 15 is 0 Å². The molecule has 0 aromatic heterocycles. The lowest BCUT2D eigenvalue weighted by Crippen LogP contribution is -2.05. The first-order chi connectivity index (χ1) is 7.33. The second-order valence-corrected chi connectivity index (χ2v) is 4.47. The van der Waals surface area contributed by atoms with Crippen LogP contribution in [0.1, 0.15) is 17.9 Å². The molecule has 0 radical (unpaired) electrons. The highest BCUT2D eigenvalue weighted by atomic mass is 79.9. The molecule has 0 N–H and O–H groups in total. The molecule has 1 aliphatic heterocycles. The van der Waals surface area contributed by atoms with E-state index < -0.39 is 0 Å². The lowest BCUT2D eigenvalue weighted by Gasteiger charge is -2.09. The van der Waals surface area contributed by atoms with Crippen LogP contribution in [-0.2, 0) is 4.74 Å². The van der Waals surface area contributed by atoms with Crippen molar-refractivity contribution in [3.8, 4) is 5.75 Å². The molecule has 3 heteroatoms. The van der Waals surface area contributed by atoms with E-state index in [1.807, 2.05) is 12.1 Å². The van der Waals surface area contributed by atoms with Crippen molar-refractivity contribution in [2.75, 3.05) is 19.0 Å². The molecule has 2 unspecified atom stereocenters. The number of rotatable bonds is 3. The predicted octanol–water partition coefficient (Wildman–Crippen LogP) is 2.96. The molecule has 1 fully saturated rings. The molecule has 1 saturated heterocycles. The molecular formula is C12H15BrO2. The molecule has 1 heterocycles. The van der Waals surface area contributed by atoms with Gasteiger partial charge in [-0.25, -0.2) is 0 Å². The van der Waals surface area contributed by atoms with Crippen LogP contribution in [-0.4, -0.2) is 25.2 Å². The van der Waals surface area contributed by atoms with Crippen LogP contribution < -0.4 is 4.74 Å². The number of methoxy groups -OCH3 is 1. The molecule has 0 saturated carbocycles. The van der Waals surface area contributed by atoms with Gasteiger partial charge in [-0.2, -0.15) is 0 Å². The van der Waals surface area contributed by atoms with Crippen molar-refractivity contribution >= 4 is 15.9 Å². The molecule has 1 aromatic carbocycles. The lowest BCUT2D eigenvalue weighted by atomic mass is 9.96. The van der Waals surface area contributed by atoms with Gasteiger partial charge in [0.05, 0.1) is 19.8 Å². The molecule has 2 atom stereocenters. The summed E-state index contributed by atoms with van der Waals surface area (Å²) in [5, 5.41) is 0.924. The van der Waals surface area contributed by atoms with E-state index in [1.54, 1.807) is 7.11 Å². The van der Waals surface area contributed by atoms with Gasteiger partial charge in [0.2, 0.25) is 0 Å². The second-order valence-electron chi connectivity index (χ2n) is 3.82. The Kier molecular flexibility index (Phi) is 3.65. The minimum atomic E-state index is 0.362. The fourth-order valence-corrected chi connectivity index (χ4v) is 2.39. The molecule has 15 heavy (non-hydrogen) atoms. The van der Waals surface area contributed by atoms with Gasteiger partial charge in [0.25, 0.3) is 0 Å². The van der Waals surface area contributed by atoms with Crippen LogP contribution in [0, 0.1) is 0 Å². The Labute approximate surface area is 98.7 Å². The first-order valence-electron chi connectivity index (χ1n) is 5.15. The number of alkyl halides is 1. The van der Waals surface area contributed by atoms with E-state index in [4.69, 9.17) is 9.47 Å². The molecule has 0 bridgehead atoms. The largest absolute Gasteiger partial charge is 0.497 e. The zero-order valence-corrected chi connectivity index (χ0v) is 10.4.